The summed E-state index contributed by atoms with van der Waals surface area (Å²) in [5, 5.41) is 0. The van der Waals surface area contributed by atoms with E-state index in [2.05, 4.69) is 15.9 Å². The van der Waals surface area contributed by atoms with E-state index in [4.69, 9.17) is 4.74 Å². The van der Waals surface area contributed by atoms with Gasteiger partial charge in [-0.3, -0.25) is 0 Å². The van der Waals surface area contributed by atoms with Gasteiger partial charge in [-0.05, 0) is 30.5 Å². The lowest BCUT2D eigenvalue weighted by molar-refractivity contribution is -0.111. The van der Waals surface area contributed by atoms with E-state index < -0.39 is 5.60 Å². The van der Waals surface area contributed by atoms with Crippen molar-refractivity contribution in [2.75, 3.05) is 6.54 Å². The Balaban J connectivity index is 1.84. The summed E-state index contributed by atoms with van der Waals surface area (Å²) in [6.07, 6.45) is 2.07. The molecule has 1 heterocycles. The lowest BCUT2D eigenvalue weighted by Gasteiger charge is -2.43. The van der Waals surface area contributed by atoms with Gasteiger partial charge in [-0.1, -0.05) is 64.5 Å². The molecule has 136 valence electrons. The lowest BCUT2D eigenvalue weighted by Crippen LogP contribution is -2.48. The quantitative estimate of drug-likeness (QED) is 0.606. The van der Waals surface area contributed by atoms with Crippen LogP contribution in [0.3, 0.4) is 0 Å². The third kappa shape index (κ3) is 3.68. The van der Waals surface area contributed by atoms with E-state index in [1.54, 1.807) is 4.90 Å². The van der Waals surface area contributed by atoms with Crippen molar-refractivity contribution in [3.05, 3.63) is 70.2 Å². The molecule has 0 aliphatic carbocycles. The molecular formula is C21H22BrNO3. The molecule has 0 radical (unpaired) electrons. The van der Waals surface area contributed by atoms with Crippen LogP contribution in [0.25, 0.3) is 0 Å². The predicted octanol–water partition coefficient (Wildman–Crippen LogP) is 5.23. The zero-order valence-corrected chi connectivity index (χ0v) is 16.3. The number of halogens is 1. The van der Waals surface area contributed by atoms with Crippen molar-refractivity contribution < 1.29 is 14.3 Å². The third-order valence-corrected chi connectivity index (χ3v) is 5.78. The molecule has 26 heavy (non-hydrogen) atoms. The number of carbonyl (C=O) groups is 2. The van der Waals surface area contributed by atoms with Crippen LogP contribution in [0.4, 0.5) is 4.79 Å². The Morgan fingerprint density at radius 2 is 1.88 bits per heavy atom. The van der Waals surface area contributed by atoms with Gasteiger partial charge in [-0.2, -0.15) is 0 Å². The topological polar surface area (TPSA) is 46.6 Å². The van der Waals surface area contributed by atoms with Crippen LogP contribution in [0, 0.1) is 0 Å². The minimum absolute atomic E-state index is 0.0991. The summed E-state index contributed by atoms with van der Waals surface area (Å²) in [7, 11) is 0. The Morgan fingerprint density at radius 1 is 1.19 bits per heavy atom. The molecule has 1 amide bonds. The van der Waals surface area contributed by atoms with E-state index >= 15 is 0 Å². The standard InChI is InChI=1S/C21H22BrNO3/c1-16(18-10-5-6-11-19(18)22)23-14-13-21(12-7-15-24,26-20(23)25)17-8-3-2-4-9-17/h2-6,8-11,15-16H,7,12-14H2,1H3/t16?,21-/m0/s1. The van der Waals surface area contributed by atoms with Gasteiger partial charge in [0.15, 0.2) is 0 Å². The first-order valence-electron chi connectivity index (χ1n) is 8.80. The summed E-state index contributed by atoms with van der Waals surface area (Å²) in [6.45, 7) is 2.58. The Kier molecular flexibility index (Phi) is 5.77. The van der Waals surface area contributed by atoms with Crippen LogP contribution in [0.1, 0.15) is 43.4 Å². The highest BCUT2D eigenvalue weighted by molar-refractivity contribution is 9.10. The first kappa shape index (κ1) is 18.6. The number of aldehydes is 1. The first-order valence-corrected chi connectivity index (χ1v) is 9.60. The number of nitrogens with zero attached hydrogens (tertiary/aromatic N) is 1. The molecule has 0 spiro atoms. The molecule has 3 rings (SSSR count). The fourth-order valence-corrected chi connectivity index (χ4v) is 4.18. The van der Waals surface area contributed by atoms with Crippen molar-refractivity contribution in [2.24, 2.45) is 0 Å². The van der Waals surface area contributed by atoms with E-state index in [1.807, 2.05) is 61.5 Å². The van der Waals surface area contributed by atoms with Gasteiger partial charge in [0.25, 0.3) is 0 Å². The zero-order chi connectivity index (χ0) is 18.6. The van der Waals surface area contributed by atoms with E-state index in [-0.39, 0.29) is 12.1 Å². The summed E-state index contributed by atoms with van der Waals surface area (Å²) in [6, 6.07) is 17.5. The number of rotatable bonds is 6. The number of carbonyl (C=O) groups excluding carboxylic acids is 2. The molecule has 0 N–H and O–H groups in total. The molecule has 1 saturated heterocycles. The second-order valence-electron chi connectivity index (χ2n) is 6.57. The normalized spacial score (nSPS) is 21.2. The van der Waals surface area contributed by atoms with Crippen molar-refractivity contribution in [2.45, 2.75) is 37.8 Å². The Hall–Kier alpha value is -2.14. The molecule has 2 aromatic carbocycles. The van der Waals surface area contributed by atoms with Gasteiger partial charge in [0.1, 0.15) is 11.9 Å². The molecular weight excluding hydrogens is 394 g/mol. The number of ether oxygens (including phenoxy) is 1. The molecule has 1 aliphatic rings. The maximum atomic E-state index is 12.9. The molecule has 4 nitrogen and oxygen atoms in total. The molecule has 0 bridgehead atoms. The van der Waals surface area contributed by atoms with Crippen molar-refractivity contribution in [1.29, 1.82) is 0 Å². The largest absolute Gasteiger partial charge is 0.438 e. The highest BCUT2D eigenvalue weighted by Crippen LogP contribution is 2.40. The number of hydrogen-bond acceptors (Lipinski definition) is 3. The summed E-state index contributed by atoms with van der Waals surface area (Å²) in [5.41, 5.74) is 1.26. The molecule has 1 fully saturated rings. The maximum Gasteiger partial charge on any atom is 0.411 e. The van der Waals surface area contributed by atoms with E-state index in [0.717, 1.165) is 21.9 Å². The van der Waals surface area contributed by atoms with Crippen molar-refractivity contribution >= 4 is 28.3 Å². The second-order valence-corrected chi connectivity index (χ2v) is 7.43. The number of hydrogen-bond donors (Lipinski definition) is 0. The summed E-state index contributed by atoms with van der Waals surface area (Å²) in [4.78, 5) is 25.6. The Labute approximate surface area is 162 Å². The molecule has 1 unspecified atom stereocenters. The van der Waals surface area contributed by atoms with Gasteiger partial charge in [-0.15, -0.1) is 0 Å². The maximum absolute atomic E-state index is 12.9. The Morgan fingerprint density at radius 3 is 2.54 bits per heavy atom. The van der Waals surface area contributed by atoms with E-state index in [9.17, 15) is 9.59 Å². The highest BCUT2D eigenvalue weighted by Gasteiger charge is 2.43. The average Bonchev–Trinajstić information content (AvgIpc) is 2.67. The molecule has 2 atom stereocenters. The molecule has 0 saturated carbocycles. The van der Waals surface area contributed by atoms with Crippen LogP contribution >= 0.6 is 15.9 Å². The number of cyclic esters (lactones) is 1. The minimum Gasteiger partial charge on any atom is -0.438 e. The van der Waals surface area contributed by atoms with Crippen molar-refractivity contribution in [3.63, 3.8) is 0 Å². The molecule has 1 aliphatic heterocycles. The van der Waals surface area contributed by atoms with Gasteiger partial charge >= 0.3 is 6.09 Å². The van der Waals surface area contributed by atoms with Crippen LogP contribution in [0.15, 0.2) is 59.1 Å². The first-order chi connectivity index (χ1) is 12.6. The third-order valence-electron chi connectivity index (χ3n) is 5.06. The smallest absolute Gasteiger partial charge is 0.411 e. The monoisotopic (exact) mass is 415 g/mol. The minimum atomic E-state index is -0.733. The number of amides is 1. The van der Waals surface area contributed by atoms with E-state index in [0.29, 0.717) is 25.8 Å². The van der Waals surface area contributed by atoms with Crippen LogP contribution in [0.5, 0.6) is 0 Å². The van der Waals surface area contributed by atoms with Gasteiger partial charge in [0.2, 0.25) is 0 Å². The Bertz CT molecular complexity index is 780. The summed E-state index contributed by atoms with van der Waals surface area (Å²) >= 11 is 3.56. The summed E-state index contributed by atoms with van der Waals surface area (Å²) in [5.74, 6) is 0. The lowest BCUT2D eigenvalue weighted by atomic mass is 9.84. The fraction of sp³-hybridized carbons (Fsp3) is 0.333. The average molecular weight is 416 g/mol. The van der Waals surface area contributed by atoms with Crippen LogP contribution in [-0.4, -0.2) is 23.8 Å². The SMILES string of the molecule is CC(c1ccccc1Br)N1CC[C@@](CCC=O)(c2ccccc2)OC1=O. The van der Waals surface area contributed by atoms with Gasteiger partial charge in [-0.25, -0.2) is 4.79 Å². The van der Waals surface area contributed by atoms with Crippen molar-refractivity contribution in [3.8, 4) is 0 Å². The molecule has 0 aromatic heterocycles. The molecule has 2 aromatic rings. The van der Waals surface area contributed by atoms with Crippen LogP contribution in [-0.2, 0) is 15.1 Å². The van der Waals surface area contributed by atoms with Gasteiger partial charge in [0, 0.05) is 23.9 Å². The predicted molar refractivity (Wildman–Crippen MR) is 104 cm³/mol. The fourth-order valence-electron chi connectivity index (χ4n) is 3.56. The summed E-state index contributed by atoms with van der Waals surface area (Å²) < 4.78 is 6.94. The zero-order valence-electron chi connectivity index (χ0n) is 14.7. The molecule has 5 heteroatoms. The number of benzene rings is 2. The van der Waals surface area contributed by atoms with Gasteiger partial charge in [0.05, 0.1) is 6.04 Å². The second kappa shape index (κ2) is 8.04. The van der Waals surface area contributed by atoms with E-state index in [1.165, 1.54) is 0 Å². The van der Waals surface area contributed by atoms with Crippen LogP contribution in [0.2, 0.25) is 0 Å². The van der Waals surface area contributed by atoms with Gasteiger partial charge < -0.3 is 14.4 Å². The van der Waals surface area contributed by atoms with Crippen LogP contribution < -0.4 is 0 Å². The highest BCUT2D eigenvalue weighted by atomic mass is 79.9. The van der Waals surface area contributed by atoms with Crippen molar-refractivity contribution in [1.82, 2.24) is 4.90 Å².